The van der Waals surface area contributed by atoms with Gasteiger partial charge in [0.05, 0.1) is 11.5 Å². The van der Waals surface area contributed by atoms with E-state index < -0.39 is 9.84 Å². The van der Waals surface area contributed by atoms with Gasteiger partial charge >= 0.3 is 0 Å². The van der Waals surface area contributed by atoms with Crippen molar-refractivity contribution < 1.29 is 8.42 Å². The third kappa shape index (κ3) is 1.27. The molecule has 1 saturated carbocycles. The average Bonchev–Trinajstić information content (AvgIpc) is 2.60. The molecule has 2 N–H and O–H groups in total. The first-order valence-corrected chi connectivity index (χ1v) is 6.31. The van der Waals surface area contributed by atoms with Crippen LogP contribution < -0.4 is 5.73 Å². The molecule has 2 unspecified atom stereocenters. The maximum Gasteiger partial charge on any atom is 0.150 e. The molecule has 0 bridgehead atoms. The highest BCUT2D eigenvalue weighted by Gasteiger charge is 2.56. The molecule has 2 rings (SSSR count). The van der Waals surface area contributed by atoms with Gasteiger partial charge in [0.15, 0.2) is 9.84 Å². The summed E-state index contributed by atoms with van der Waals surface area (Å²) in [7, 11) is -2.73. The van der Waals surface area contributed by atoms with E-state index in [-0.39, 0.29) is 5.41 Å². The lowest BCUT2D eigenvalue weighted by molar-refractivity contribution is 0.433. The minimum atomic E-state index is -2.73. The molecule has 4 heteroatoms. The van der Waals surface area contributed by atoms with Gasteiger partial charge in [-0.05, 0) is 37.1 Å². The number of hydrogen-bond acceptors (Lipinski definition) is 3. The Morgan fingerprint density at radius 2 is 2.25 bits per heavy atom. The maximum atomic E-state index is 11.3. The minimum absolute atomic E-state index is 0.117. The second-order valence-corrected chi connectivity index (χ2v) is 6.38. The van der Waals surface area contributed by atoms with Crippen molar-refractivity contribution in [1.82, 2.24) is 0 Å². The highest BCUT2D eigenvalue weighted by molar-refractivity contribution is 7.91. The normalized spacial score (nSPS) is 44.6. The predicted octanol–water partition coefficient (Wildman–Crippen LogP) is 0.160. The van der Waals surface area contributed by atoms with Gasteiger partial charge in [0.2, 0.25) is 0 Å². The molecule has 1 aliphatic carbocycles. The second-order valence-electron chi connectivity index (χ2n) is 4.19. The quantitative estimate of drug-likeness (QED) is 0.639. The van der Waals surface area contributed by atoms with Gasteiger partial charge in [0.25, 0.3) is 0 Å². The largest absolute Gasteiger partial charge is 0.330 e. The van der Waals surface area contributed by atoms with Crippen LogP contribution >= 0.6 is 0 Å². The summed E-state index contributed by atoms with van der Waals surface area (Å²) in [6, 6.07) is 0. The molecular weight excluding hydrogens is 174 g/mol. The van der Waals surface area contributed by atoms with Gasteiger partial charge in [0.1, 0.15) is 0 Å². The molecule has 70 valence electrons. The van der Waals surface area contributed by atoms with E-state index >= 15 is 0 Å². The van der Waals surface area contributed by atoms with Crippen molar-refractivity contribution in [2.24, 2.45) is 17.1 Å². The van der Waals surface area contributed by atoms with Gasteiger partial charge in [-0.15, -0.1) is 0 Å². The van der Waals surface area contributed by atoms with Crippen LogP contribution in [0.1, 0.15) is 19.3 Å². The van der Waals surface area contributed by atoms with Crippen LogP contribution in [0, 0.1) is 11.3 Å². The zero-order chi connectivity index (χ0) is 8.82. The first-order valence-electron chi connectivity index (χ1n) is 4.48. The van der Waals surface area contributed by atoms with Crippen molar-refractivity contribution in [3.8, 4) is 0 Å². The van der Waals surface area contributed by atoms with Gasteiger partial charge in [-0.3, -0.25) is 0 Å². The molecule has 2 atom stereocenters. The Labute approximate surface area is 73.2 Å². The van der Waals surface area contributed by atoms with Gasteiger partial charge in [0, 0.05) is 0 Å². The van der Waals surface area contributed by atoms with E-state index in [0.29, 0.717) is 24.0 Å². The van der Waals surface area contributed by atoms with E-state index in [9.17, 15) is 8.42 Å². The molecule has 3 nitrogen and oxygen atoms in total. The lowest BCUT2D eigenvalue weighted by Gasteiger charge is -2.22. The molecule has 0 radical (unpaired) electrons. The lowest BCUT2D eigenvalue weighted by Crippen LogP contribution is -2.28. The Bertz CT molecular complexity index is 285. The molecule has 2 fully saturated rings. The Balaban J connectivity index is 2.11. The molecule has 0 aromatic rings. The third-order valence-corrected chi connectivity index (χ3v) is 5.21. The number of sulfone groups is 1. The van der Waals surface area contributed by atoms with Crippen molar-refractivity contribution in [2.75, 3.05) is 18.1 Å². The number of nitrogens with two attached hydrogens (primary N) is 1. The van der Waals surface area contributed by atoms with E-state index in [1.165, 1.54) is 0 Å². The van der Waals surface area contributed by atoms with E-state index in [2.05, 4.69) is 0 Å². The minimum Gasteiger partial charge on any atom is -0.330 e. The Hall–Kier alpha value is -0.0900. The standard InChI is InChI=1S/C8H15NO2S/c9-5-7-4-8(7)2-1-3-12(10,11)6-8/h7H,1-6,9H2. The van der Waals surface area contributed by atoms with Crippen molar-refractivity contribution in [2.45, 2.75) is 19.3 Å². The number of hydrogen-bond donors (Lipinski definition) is 1. The summed E-state index contributed by atoms with van der Waals surface area (Å²) in [6.07, 6.45) is 2.97. The lowest BCUT2D eigenvalue weighted by atomic mass is 9.99. The summed E-state index contributed by atoms with van der Waals surface area (Å²) in [5.74, 6) is 1.29. The molecular formula is C8H15NO2S. The zero-order valence-electron chi connectivity index (χ0n) is 7.12. The van der Waals surface area contributed by atoms with Gasteiger partial charge < -0.3 is 5.73 Å². The molecule has 1 saturated heterocycles. The summed E-state index contributed by atoms with van der Waals surface area (Å²) < 4.78 is 22.7. The third-order valence-electron chi connectivity index (χ3n) is 3.28. The molecule has 12 heavy (non-hydrogen) atoms. The van der Waals surface area contributed by atoms with Gasteiger partial charge in [-0.25, -0.2) is 8.42 Å². The van der Waals surface area contributed by atoms with Crippen molar-refractivity contribution in [3.05, 3.63) is 0 Å². The molecule has 1 heterocycles. The van der Waals surface area contributed by atoms with E-state index in [4.69, 9.17) is 5.73 Å². The van der Waals surface area contributed by atoms with E-state index in [1.54, 1.807) is 0 Å². The first-order chi connectivity index (χ1) is 5.58. The first kappa shape index (κ1) is 8.51. The van der Waals surface area contributed by atoms with Crippen molar-refractivity contribution in [3.63, 3.8) is 0 Å². The van der Waals surface area contributed by atoms with Crippen LogP contribution in [0.3, 0.4) is 0 Å². The average molecular weight is 189 g/mol. The van der Waals surface area contributed by atoms with Crippen LogP contribution in [-0.2, 0) is 9.84 Å². The fourth-order valence-electron chi connectivity index (χ4n) is 2.47. The smallest absolute Gasteiger partial charge is 0.150 e. The molecule has 2 aliphatic rings. The molecule has 1 spiro atoms. The summed E-state index contributed by atoms with van der Waals surface area (Å²) in [6.45, 7) is 0.662. The topological polar surface area (TPSA) is 60.2 Å². The van der Waals surface area contributed by atoms with Crippen LogP contribution in [0.5, 0.6) is 0 Å². The Morgan fingerprint density at radius 1 is 1.50 bits per heavy atom. The van der Waals surface area contributed by atoms with Crippen LogP contribution in [0.25, 0.3) is 0 Å². The summed E-state index contributed by atoms with van der Waals surface area (Å²) in [4.78, 5) is 0. The van der Waals surface area contributed by atoms with Crippen LogP contribution in [0.4, 0.5) is 0 Å². The highest BCUT2D eigenvalue weighted by atomic mass is 32.2. The number of rotatable bonds is 1. The highest BCUT2D eigenvalue weighted by Crippen LogP contribution is 2.57. The van der Waals surface area contributed by atoms with Gasteiger partial charge in [-0.1, -0.05) is 0 Å². The summed E-state index contributed by atoms with van der Waals surface area (Å²) in [5.41, 5.74) is 5.65. The Morgan fingerprint density at radius 3 is 2.75 bits per heavy atom. The van der Waals surface area contributed by atoms with Crippen molar-refractivity contribution >= 4 is 9.84 Å². The van der Waals surface area contributed by atoms with Gasteiger partial charge in [-0.2, -0.15) is 0 Å². The summed E-state index contributed by atoms with van der Waals surface area (Å²) in [5, 5.41) is 0. The molecule has 0 amide bonds. The second kappa shape index (κ2) is 2.45. The fraction of sp³-hybridized carbons (Fsp3) is 1.00. The fourth-order valence-corrected chi connectivity index (χ4v) is 4.58. The molecule has 0 aromatic heterocycles. The van der Waals surface area contributed by atoms with Crippen LogP contribution in [-0.4, -0.2) is 26.5 Å². The van der Waals surface area contributed by atoms with E-state index in [0.717, 1.165) is 19.3 Å². The van der Waals surface area contributed by atoms with Crippen LogP contribution in [0.2, 0.25) is 0 Å². The SMILES string of the molecule is NCC1CC12CCCS(=O)(=O)C2. The molecule has 0 aromatic carbocycles. The summed E-state index contributed by atoms with van der Waals surface area (Å²) >= 11 is 0. The zero-order valence-corrected chi connectivity index (χ0v) is 7.94. The maximum absolute atomic E-state index is 11.3. The van der Waals surface area contributed by atoms with Crippen LogP contribution in [0.15, 0.2) is 0 Å². The Kier molecular flexibility index (Phi) is 1.74. The predicted molar refractivity (Wildman–Crippen MR) is 47.5 cm³/mol. The van der Waals surface area contributed by atoms with E-state index in [1.807, 2.05) is 0 Å². The van der Waals surface area contributed by atoms with Crippen molar-refractivity contribution in [1.29, 1.82) is 0 Å². The monoisotopic (exact) mass is 189 g/mol. The molecule has 1 aliphatic heterocycles.